The van der Waals surface area contributed by atoms with E-state index >= 15 is 0 Å². The van der Waals surface area contributed by atoms with Crippen molar-refractivity contribution in [1.29, 1.82) is 5.26 Å². The second-order valence-electron chi connectivity index (χ2n) is 9.94. The summed E-state index contributed by atoms with van der Waals surface area (Å²) in [5.41, 5.74) is 6.35. The molecule has 7 nitrogen and oxygen atoms in total. The van der Waals surface area contributed by atoms with E-state index in [-0.39, 0.29) is 12.5 Å². The number of amides is 1. The molecule has 37 heavy (non-hydrogen) atoms. The summed E-state index contributed by atoms with van der Waals surface area (Å²) in [7, 11) is 0. The van der Waals surface area contributed by atoms with Crippen LogP contribution in [0.15, 0.2) is 66.9 Å². The summed E-state index contributed by atoms with van der Waals surface area (Å²) in [6.07, 6.45) is 3.05. The van der Waals surface area contributed by atoms with E-state index in [4.69, 9.17) is 9.72 Å². The average Bonchev–Trinajstić information content (AvgIpc) is 2.91. The van der Waals surface area contributed by atoms with Gasteiger partial charge in [0.2, 0.25) is 0 Å². The summed E-state index contributed by atoms with van der Waals surface area (Å²) in [6, 6.07) is 22.3. The van der Waals surface area contributed by atoms with Crippen LogP contribution in [-0.4, -0.2) is 35.6 Å². The summed E-state index contributed by atoms with van der Waals surface area (Å²) in [4.78, 5) is 24.7. The molecule has 1 atom stereocenters. The van der Waals surface area contributed by atoms with Crippen molar-refractivity contribution in [3.05, 3.63) is 89.2 Å². The van der Waals surface area contributed by atoms with E-state index in [1.54, 1.807) is 12.3 Å². The molecule has 1 amide bonds. The number of rotatable bonds is 5. The lowest BCUT2D eigenvalue weighted by molar-refractivity contribution is 0.0757. The Hall–Kier alpha value is -4.28. The van der Waals surface area contributed by atoms with Gasteiger partial charge in [0, 0.05) is 41.5 Å². The first-order valence-electron chi connectivity index (χ1n) is 12.5. The molecule has 4 heterocycles. The molecule has 2 aliphatic rings. The number of hydrogen-bond donors (Lipinski definition) is 1. The second-order valence-corrected chi connectivity index (χ2v) is 9.94. The first-order valence-corrected chi connectivity index (χ1v) is 12.5. The van der Waals surface area contributed by atoms with E-state index in [0.29, 0.717) is 18.8 Å². The summed E-state index contributed by atoms with van der Waals surface area (Å²) >= 11 is 0. The summed E-state index contributed by atoms with van der Waals surface area (Å²) in [6.45, 7) is 5.14. The molecule has 0 saturated carbocycles. The van der Waals surface area contributed by atoms with Gasteiger partial charge in [-0.2, -0.15) is 5.26 Å². The number of carbonyl (C=O) groups excluding carboxylic acids is 1. The number of nitrogens with one attached hydrogen (secondary N) is 1. The van der Waals surface area contributed by atoms with E-state index < -0.39 is 5.41 Å². The van der Waals surface area contributed by atoms with Gasteiger partial charge in [-0.15, -0.1) is 0 Å². The van der Waals surface area contributed by atoms with Crippen molar-refractivity contribution in [3.8, 4) is 17.3 Å². The van der Waals surface area contributed by atoms with E-state index in [9.17, 15) is 10.1 Å². The Bertz CT molecular complexity index is 1540. The van der Waals surface area contributed by atoms with Gasteiger partial charge in [0.15, 0.2) is 0 Å². The molecule has 6 rings (SSSR count). The zero-order valence-electron chi connectivity index (χ0n) is 20.7. The van der Waals surface area contributed by atoms with E-state index in [0.717, 1.165) is 52.1 Å². The van der Waals surface area contributed by atoms with E-state index in [2.05, 4.69) is 45.5 Å². The molecule has 2 aliphatic heterocycles. The molecule has 4 aromatic rings. The number of benzene rings is 2. The lowest BCUT2D eigenvalue weighted by Gasteiger charge is -2.33. The number of nitriles is 1. The fraction of sp³-hybridized carbons (Fsp3) is 0.267. The lowest BCUT2D eigenvalue weighted by Crippen LogP contribution is -2.36. The molecular formula is C30H27N5O2. The highest BCUT2D eigenvalue weighted by Crippen LogP contribution is 2.32. The molecule has 1 saturated heterocycles. The molecule has 0 bridgehead atoms. The maximum atomic E-state index is 12.9. The van der Waals surface area contributed by atoms with Crippen molar-refractivity contribution in [3.63, 3.8) is 0 Å². The molecule has 1 N–H and O–H groups in total. The average molecular weight is 490 g/mol. The van der Waals surface area contributed by atoms with Gasteiger partial charge in [-0.3, -0.25) is 9.78 Å². The second kappa shape index (κ2) is 9.30. The zero-order valence-corrected chi connectivity index (χ0v) is 20.7. The normalized spacial score (nSPS) is 18.5. The quantitative estimate of drug-likeness (QED) is 0.435. The van der Waals surface area contributed by atoms with Crippen LogP contribution in [0.3, 0.4) is 0 Å². The van der Waals surface area contributed by atoms with Crippen LogP contribution in [0.2, 0.25) is 0 Å². The highest BCUT2D eigenvalue weighted by atomic mass is 16.5. The highest BCUT2D eigenvalue weighted by molar-refractivity contribution is 5.94. The van der Waals surface area contributed by atoms with Crippen LogP contribution >= 0.6 is 0 Å². The summed E-state index contributed by atoms with van der Waals surface area (Å²) < 4.78 is 5.56. The van der Waals surface area contributed by atoms with Crippen LogP contribution in [-0.2, 0) is 23.3 Å². The number of ether oxygens (including phenoxy) is 1. The van der Waals surface area contributed by atoms with Gasteiger partial charge in [-0.1, -0.05) is 18.2 Å². The van der Waals surface area contributed by atoms with Gasteiger partial charge in [0.1, 0.15) is 5.41 Å². The minimum Gasteiger partial charge on any atom is -0.375 e. The van der Waals surface area contributed by atoms with Gasteiger partial charge < -0.3 is 15.0 Å². The third-order valence-corrected chi connectivity index (χ3v) is 7.31. The zero-order chi connectivity index (χ0) is 25.4. The van der Waals surface area contributed by atoms with E-state index in [1.807, 2.05) is 37.3 Å². The van der Waals surface area contributed by atoms with Crippen LogP contribution in [0.25, 0.3) is 22.2 Å². The Balaban J connectivity index is 1.18. The smallest absolute Gasteiger partial charge is 0.251 e. The monoisotopic (exact) mass is 489 g/mol. The third kappa shape index (κ3) is 4.41. The number of hydrogen-bond acceptors (Lipinski definition) is 6. The third-order valence-electron chi connectivity index (χ3n) is 7.31. The van der Waals surface area contributed by atoms with Gasteiger partial charge in [0.05, 0.1) is 42.7 Å². The molecule has 2 aromatic carbocycles. The molecular weight excluding hydrogens is 462 g/mol. The van der Waals surface area contributed by atoms with Crippen LogP contribution < -0.4 is 10.2 Å². The Morgan fingerprint density at radius 2 is 1.97 bits per heavy atom. The summed E-state index contributed by atoms with van der Waals surface area (Å²) in [5.74, 6) is -0.208. The molecule has 0 unspecified atom stereocenters. The number of aromatic nitrogens is 2. The lowest BCUT2D eigenvalue weighted by atomic mass is 9.79. The molecule has 2 aromatic heterocycles. The minimum atomic E-state index is -0.762. The predicted molar refractivity (Wildman–Crippen MR) is 142 cm³/mol. The van der Waals surface area contributed by atoms with E-state index in [1.165, 1.54) is 12.1 Å². The number of pyridine rings is 2. The fourth-order valence-corrected chi connectivity index (χ4v) is 4.90. The number of fused-ring (bicyclic) bond motifs is 2. The first kappa shape index (κ1) is 23.1. The van der Waals surface area contributed by atoms with Crippen molar-refractivity contribution in [2.45, 2.75) is 31.9 Å². The minimum absolute atomic E-state index is 0.208. The highest BCUT2D eigenvalue weighted by Gasteiger charge is 2.33. The Kier molecular flexibility index (Phi) is 5.82. The molecule has 184 valence electrons. The summed E-state index contributed by atoms with van der Waals surface area (Å²) in [5, 5.41) is 13.6. The largest absolute Gasteiger partial charge is 0.375 e. The van der Waals surface area contributed by atoms with Gasteiger partial charge in [0.25, 0.3) is 5.91 Å². The van der Waals surface area contributed by atoms with Crippen LogP contribution in [0.5, 0.6) is 0 Å². The Morgan fingerprint density at radius 3 is 2.73 bits per heavy atom. The number of carbonyl (C=O) groups is 1. The van der Waals surface area contributed by atoms with Crippen LogP contribution in [0.1, 0.15) is 40.5 Å². The van der Waals surface area contributed by atoms with Crippen molar-refractivity contribution in [1.82, 2.24) is 15.3 Å². The van der Waals surface area contributed by atoms with Crippen molar-refractivity contribution < 1.29 is 9.53 Å². The molecule has 7 heteroatoms. The number of nitrogens with zero attached hydrogens (tertiary/aromatic N) is 4. The molecule has 0 radical (unpaired) electrons. The van der Waals surface area contributed by atoms with Crippen molar-refractivity contribution in [2.75, 3.05) is 24.6 Å². The van der Waals surface area contributed by atoms with Gasteiger partial charge in [-0.25, -0.2) is 4.98 Å². The van der Waals surface area contributed by atoms with Gasteiger partial charge >= 0.3 is 0 Å². The fourth-order valence-electron chi connectivity index (χ4n) is 4.90. The molecule has 1 fully saturated rings. The van der Waals surface area contributed by atoms with Crippen molar-refractivity contribution >= 4 is 22.5 Å². The Labute approximate surface area is 215 Å². The first-order chi connectivity index (χ1) is 18.0. The van der Waals surface area contributed by atoms with Gasteiger partial charge in [-0.05, 0) is 66.9 Å². The molecule has 0 spiro atoms. The molecule has 0 aliphatic carbocycles. The maximum absolute atomic E-state index is 12.9. The van der Waals surface area contributed by atoms with Crippen LogP contribution in [0.4, 0.5) is 5.69 Å². The Morgan fingerprint density at radius 1 is 1.14 bits per heavy atom. The topological polar surface area (TPSA) is 91.1 Å². The number of anilines is 1. The SMILES string of the molecule is C[C@@]1(C#N)COCc2ccc(C(=O)NCc3cc4nc(-c5ccc(N6CCC6)cc5)ccc4cn3)cc21. The standard InChI is InChI=1S/C30H27N5O2/c1-30(18-31)19-37-17-23-4-3-21(13-26(23)30)29(36)33-16-24-14-28-22(15-32-24)7-10-27(34-28)20-5-8-25(9-6-20)35-11-2-12-35/h3-10,13-15H,2,11-12,16-17,19H2,1H3,(H,33,36)/t30-/m1/s1. The van der Waals surface area contributed by atoms with Crippen molar-refractivity contribution in [2.24, 2.45) is 0 Å². The maximum Gasteiger partial charge on any atom is 0.251 e. The van der Waals surface area contributed by atoms with Crippen LogP contribution in [0, 0.1) is 11.3 Å². The predicted octanol–water partition coefficient (Wildman–Crippen LogP) is 4.75.